The molecule has 2 aromatic rings. The van der Waals surface area contributed by atoms with Crippen molar-refractivity contribution in [3.8, 4) is 0 Å². The summed E-state index contributed by atoms with van der Waals surface area (Å²) in [6.45, 7) is 0.646. The molecule has 19 heavy (non-hydrogen) atoms. The number of likely N-dealkylation sites (N-methyl/N-ethyl adjacent to an activating group) is 1. The van der Waals surface area contributed by atoms with Crippen LogP contribution >= 0.6 is 0 Å². The standard InChI is InChI=1S/C16H20N2O/c1-17-15(14-10-6-3-7-11-14)16(19)18-12-13-8-4-2-5-9-13/h2-11,15-19H,12H2,1H3. The van der Waals surface area contributed by atoms with E-state index in [-0.39, 0.29) is 6.04 Å². The molecule has 0 spiro atoms. The lowest BCUT2D eigenvalue weighted by Crippen LogP contribution is -2.40. The van der Waals surface area contributed by atoms with Gasteiger partial charge in [-0.05, 0) is 18.2 Å². The Hall–Kier alpha value is -1.68. The fourth-order valence-electron chi connectivity index (χ4n) is 2.10. The first kappa shape index (κ1) is 13.7. The van der Waals surface area contributed by atoms with Gasteiger partial charge in [0.1, 0.15) is 6.23 Å². The molecule has 0 heterocycles. The Kier molecular flexibility index (Phi) is 5.10. The number of hydrogen-bond acceptors (Lipinski definition) is 3. The van der Waals surface area contributed by atoms with Gasteiger partial charge in [0.2, 0.25) is 0 Å². The fraction of sp³-hybridized carbons (Fsp3) is 0.250. The second-order valence-corrected chi connectivity index (χ2v) is 4.49. The van der Waals surface area contributed by atoms with Crippen LogP contribution < -0.4 is 10.6 Å². The lowest BCUT2D eigenvalue weighted by molar-refractivity contribution is 0.0949. The quantitative estimate of drug-likeness (QED) is 0.693. The molecule has 3 nitrogen and oxygen atoms in total. The summed E-state index contributed by atoms with van der Waals surface area (Å²) in [7, 11) is 1.85. The van der Waals surface area contributed by atoms with Gasteiger partial charge >= 0.3 is 0 Å². The molecule has 0 aromatic heterocycles. The lowest BCUT2D eigenvalue weighted by atomic mass is 10.1. The fourth-order valence-corrected chi connectivity index (χ4v) is 2.10. The molecular formula is C16H20N2O. The number of aliphatic hydroxyl groups excluding tert-OH is 1. The minimum absolute atomic E-state index is 0.120. The molecule has 2 aromatic carbocycles. The van der Waals surface area contributed by atoms with Gasteiger partial charge < -0.3 is 10.4 Å². The average molecular weight is 256 g/mol. The largest absolute Gasteiger partial charge is 0.377 e. The smallest absolute Gasteiger partial charge is 0.124 e. The molecule has 2 rings (SSSR count). The zero-order valence-corrected chi connectivity index (χ0v) is 11.1. The van der Waals surface area contributed by atoms with E-state index in [0.717, 1.165) is 11.1 Å². The highest BCUT2D eigenvalue weighted by molar-refractivity contribution is 5.20. The van der Waals surface area contributed by atoms with Crippen molar-refractivity contribution < 1.29 is 5.11 Å². The molecular weight excluding hydrogens is 236 g/mol. The first-order valence-corrected chi connectivity index (χ1v) is 6.49. The maximum atomic E-state index is 10.3. The lowest BCUT2D eigenvalue weighted by Gasteiger charge is -2.24. The van der Waals surface area contributed by atoms with Gasteiger partial charge in [0, 0.05) is 6.54 Å². The summed E-state index contributed by atoms with van der Waals surface area (Å²) in [6.07, 6.45) is -0.632. The van der Waals surface area contributed by atoms with Crippen LogP contribution in [0.3, 0.4) is 0 Å². The Balaban J connectivity index is 1.96. The van der Waals surface area contributed by atoms with Crippen LogP contribution in [0.5, 0.6) is 0 Å². The number of rotatable bonds is 6. The zero-order chi connectivity index (χ0) is 13.5. The SMILES string of the molecule is CNC(c1ccccc1)C(O)NCc1ccccc1. The zero-order valence-electron chi connectivity index (χ0n) is 11.1. The summed E-state index contributed by atoms with van der Waals surface area (Å²) >= 11 is 0. The summed E-state index contributed by atoms with van der Waals surface area (Å²) < 4.78 is 0. The Morgan fingerprint density at radius 1 is 0.947 bits per heavy atom. The predicted molar refractivity (Wildman–Crippen MR) is 77.5 cm³/mol. The van der Waals surface area contributed by atoms with Crippen molar-refractivity contribution in [2.75, 3.05) is 7.05 Å². The van der Waals surface area contributed by atoms with Crippen LogP contribution in [0.15, 0.2) is 60.7 Å². The van der Waals surface area contributed by atoms with Crippen LogP contribution in [0.2, 0.25) is 0 Å². The topological polar surface area (TPSA) is 44.3 Å². The second-order valence-electron chi connectivity index (χ2n) is 4.49. The predicted octanol–water partition coefficient (Wildman–Crippen LogP) is 2.06. The van der Waals surface area contributed by atoms with Gasteiger partial charge in [0.25, 0.3) is 0 Å². The maximum Gasteiger partial charge on any atom is 0.124 e. The van der Waals surface area contributed by atoms with Gasteiger partial charge in [-0.25, -0.2) is 0 Å². The van der Waals surface area contributed by atoms with Gasteiger partial charge in [-0.15, -0.1) is 0 Å². The molecule has 0 aliphatic rings. The molecule has 0 saturated heterocycles. The normalized spacial score (nSPS) is 14.0. The summed E-state index contributed by atoms with van der Waals surface area (Å²) in [5.74, 6) is 0. The molecule has 3 N–H and O–H groups in total. The Morgan fingerprint density at radius 2 is 1.53 bits per heavy atom. The van der Waals surface area contributed by atoms with Crippen molar-refractivity contribution in [2.24, 2.45) is 0 Å². The highest BCUT2D eigenvalue weighted by atomic mass is 16.3. The molecule has 0 saturated carbocycles. The van der Waals surface area contributed by atoms with Crippen molar-refractivity contribution in [2.45, 2.75) is 18.8 Å². The summed E-state index contributed by atoms with van der Waals surface area (Å²) in [5, 5.41) is 16.5. The van der Waals surface area contributed by atoms with Crippen LogP contribution in [0.1, 0.15) is 17.2 Å². The van der Waals surface area contributed by atoms with Crippen LogP contribution in [-0.2, 0) is 6.54 Å². The van der Waals surface area contributed by atoms with Crippen molar-refractivity contribution in [1.82, 2.24) is 10.6 Å². The Bertz CT molecular complexity index is 473. The first-order chi connectivity index (χ1) is 9.31. The molecule has 2 atom stereocenters. The van der Waals surface area contributed by atoms with Crippen LogP contribution in [0.4, 0.5) is 0 Å². The number of hydrogen-bond donors (Lipinski definition) is 3. The Morgan fingerprint density at radius 3 is 2.11 bits per heavy atom. The second kappa shape index (κ2) is 7.04. The van der Waals surface area contributed by atoms with Crippen LogP contribution in [-0.4, -0.2) is 18.4 Å². The van der Waals surface area contributed by atoms with Crippen molar-refractivity contribution >= 4 is 0 Å². The summed E-state index contributed by atoms with van der Waals surface area (Å²) in [4.78, 5) is 0. The summed E-state index contributed by atoms with van der Waals surface area (Å²) in [6, 6.07) is 19.9. The molecule has 0 aliphatic heterocycles. The van der Waals surface area contributed by atoms with Crippen molar-refractivity contribution in [3.05, 3.63) is 71.8 Å². The van der Waals surface area contributed by atoms with E-state index < -0.39 is 6.23 Å². The van der Waals surface area contributed by atoms with Crippen LogP contribution in [0, 0.1) is 0 Å². The number of benzene rings is 2. The average Bonchev–Trinajstić information content (AvgIpc) is 2.48. The minimum atomic E-state index is -0.632. The monoisotopic (exact) mass is 256 g/mol. The van der Waals surface area contributed by atoms with Crippen molar-refractivity contribution in [3.63, 3.8) is 0 Å². The van der Waals surface area contributed by atoms with E-state index in [1.165, 1.54) is 0 Å². The van der Waals surface area contributed by atoms with Gasteiger partial charge in [0.15, 0.2) is 0 Å². The molecule has 2 unspecified atom stereocenters. The summed E-state index contributed by atoms with van der Waals surface area (Å²) in [5.41, 5.74) is 2.22. The van der Waals surface area contributed by atoms with Crippen LogP contribution in [0.25, 0.3) is 0 Å². The molecule has 3 heteroatoms. The number of aliphatic hydroxyl groups is 1. The highest BCUT2D eigenvalue weighted by Crippen LogP contribution is 2.15. The third-order valence-corrected chi connectivity index (χ3v) is 3.14. The Labute approximate surface area is 114 Å². The van der Waals surface area contributed by atoms with E-state index in [9.17, 15) is 5.11 Å². The van der Waals surface area contributed by atoms with Gasteiger partial charge in [-0.1, -0.05) is 60.7 Å². The molecule has 0 aliphatic carbocycles. The third kappa shape index (κ3) is 3.89. The molecule has 0 amide bonds. The maximum absolute atomic E-state index is 10.3. The number of nitrogens with one attached hydrogen (secondary N) is 2. The first-order valence-electron chi connectivity index (χ1n) is 6.49. The highest BCUT2D eigenvalue weighted by Gasteiger charge is 2.18. The van der Waals surface area contributed by atoms with Gasteiger partial charge in [-0.3, -0.25) is 5.32 Å². The molecule has 0 radical (unpaired) electrons. The van der Waals surface area contributed by atoms with Gasteiger partial charge in [-0.2, -0.15) is 0 Å². The van der Waals surface area contributed by atoms with E-state index in [4.69, 9.17) is 0 Å². The van der Waals surface area contributed by atoms with Gasteiger partial charge in [0.05, 0.1) is 6.04 Å². The molecule has 100 valence electrons. The van der Waals surface area contributed by atoms with E-state index in [0.29, 0.717) is 6.54 Å². The van der Waals surface area contributed by atoms with E-state index in [1.807, 2.05) is 67.7 Å². The third-order valence-electron chi connectivity index (χ3n) is 3.14. The van der Waals surface area contributed by atoms with E-state index in [2.05, 4.69) is 10.6 Å². The molecule has 0 fully saturated rings. The molecule has 0 bridgehead atoms. The van der Waals surface area contributed by atoms with E-state index in [1.54, 1.807) is 0 Å². The van der Waals surface area contributed by atoms with Crippen molar-refractivity contribution in [1.29, 1.82) is 0 Å². The minimum Gasteiger partial charge on any atom is -0.377 e. The van der Waals surface area contributed by atoms with E-state index >= 15 is 0 Å².